The van der Waals surface area contributed by atoms with E-state index in [1.807, 2.05) is 6.07 Å². The number of aromatic amines is 1. The van der Waals surface area contributed by atoms with Crippen LogP contribution in [0.3, 0.4) is 0 Å². The third-order valence-electron chi connectivity index (χ3n) is 9.66. The predicted molar refractivity (Wildman–Crippen MR) is 212 cm³/mol. The van der Waals surface area contributed by atoms with E-state index in [1.54, 1.807) is 18.2 Å². The molecule has 17 heteroatoms. The number of nitrogens with one attached hydrogen (secondary N) is 2. The normalized spacial score (nSPS) is 21.4. The monoisotopic (exact) mass is 806 g/mol. The molecule has 0 aliphatic carbocycles. The number of amidine groups is 1. The van der Waals surface area contributed by atoms with E-state index in [0.29, 0.717) is 12.5 Å². The van der Waals surface area contributed by atoms with Gasteiger partial charge in [0.2, 0.25) is 17.4 Å². The zero-order chi connectivity index (χ0) is 40.7. The van der Waals surface area contributed by atoms with Crippen LogP contribution < -0.4 is 15.2 Å². The van der Waals surface area contributed by atoms with Crippen LogP contribution >= 0.6 is 7.82 Å². The molecule has 0 saturated carbocycles. The fourth-order valence-electron chi connectivity index (χ4n) is 6.44. The Labute approximate surface area is 331 Å². The van der Waals surface area contributed by atoms with E-state index in [1.165, 1.54) is 103 Å². The first-order valence-electron chi connectivity index (χ1n) is 19.9. The van der Waals surface area contributed by atoms with E-state index < -0.39 is 51.1 Å². The highest BCUT2D eigenvalue weighted by Crippen LogP contribution is 2.46. The Morgan fingerprint density at radius 2 is 1.61 bits per heavy atom. The van der Waals surface area contributed by atoms with Gasteiger partial charge in [0.15, 0.2) is 0 Å². The fraction of sp³-hybridized carbons (Fsp3) is 0.692. The van der Waals surface area contributed by atoms with Crippen LogP contribution in [0.1, 0.15) is 121 Å². The SMILES string of the molecule is CCCCCCCCCCCCCCCCCCOC[C@H](COP(=O)(O)OC[C@H]1O[C@@](C#N)(c2ccc(C(N)=NC=N)[nH]2)[C@H](O)[C@@H]1O)Oc1cccc(OC)n1. The molecule has 0 aromatic carbocycles. The smallest absolute Gasteiger partial charge is 0.472 e. The summed E-state index contributed by atoms with van der Waals surface area (Å²) in [5.74, 6) is 0.456. The molecule has 56 heavy (non-hydrogen) atoms. The molecule has 1 aliphatic rings. The Bertz CT molecular complexity index is 1540. The minimum atomic E-state index is -4.78. The fourth-order valence-corrected chi connectivity index (χ4v) is 7.21. The lowest BCUT2D eigenvalue weighted by molar-refractivity contribution is -0.0642. The summed E-state index contributed by atoms with van der Waals surface area (Å²) in [7, 11) is -3.31. The Morgan fingerprint density at radius 1 is 1.00 bits per heavy atom. The highest BCUT2D eigenvalue weighted by Gasteiger charge is 2.57. The van der Waals surface area contributed by atoms with Crippen molar-refractivity contribution in [2.75, 3.05) is 33.5 Å². The number of hydrogen-bond donors (Lipinski definition) is 6. The first-order chi connectivity index (χ1) is 27.1. The van der Waals surface area contributed by atoms with Gasteiger partial charge >= 0.3 is 7.82 Å². The van der Waals surface area contributed by atoms with Gasteiger partial charge in [0.25, 0.3) is 0 Å². The van der Waals surface area contributed by atoms with Crippen LogP contribution in [0, 0.1) is 16.7 Å². The lowest BCUT2D eigenvalue weighted by Crippen LogP contribution is -2.40. The third-order valence-corrected chi connectivity index (χ3v) is 10.6. The quantitative estimate of drug-likeness (QED) is 0.0208. The Hall–Kier alpha value is -3.39. The molecule has 1 fully saturated rings. The average molecular weight is 807 g/mol. The van der Waals surface area contributed by atoms with Gasteiger partial charge in [-0.25, -0.2) is 9.56 Å². The molecule has 0 radical (unpaired) electrons. The molecule has 314 valence electrons. The van der Waals surface area contributed by atoms with Gasteiger partial charge in [-0.2, -0.15) is 10.2 Å². The van der Waals surface area contributed by atoms with Crippen LogP contribution in [-0.2, 0) is 28.7 Å². The minimum absolute atomic E-state index is 0.0339. The van der Waals surface area contributed by atoms with Crippen LogP contribution in [0.2, 0.25) is 0 Å². The van der Waals surface area contributed by atoms with E-state index >= 15 is 0 Å². The molecular formula is C39H63N6O10P. The molecule has 7 N–H and O–H groups in total. The molecule has 1 aliphatic heterocycles. The van der Waals surface area contributed by atoms with Gasteiger partial charge in [-0.05, 0) is 18.6 Å². The topological polar surface area (TPSA) is 248 Å². The minimum Gasteiger partial charge on any atom is -0.481 e. The number of ether oxygens (including phenoxy) is 4. The lowest BCUT2D eigenvalue weighted by Gasteiger charge is -2.23. The molecule has 6 atom stereocenters. The van der Waals surface area contributed by atoms with Crippen molar-refractivity contribution in [2.24, 2.45) is 10.7 Å². The second-order valence-electron chi connectivity index (χ2n) is 14.1. The number of nitrogens with zero attached hydrogens (tertiary/aromatic N) is 3. The van der Waals surface area contributed by atoms with Crippen molar-refractivity contribution in [2.45, 2.75) is 140 Å². The van der Waals surface area contributed by atoms with Crippen molar-refractivity contribution in [1.82, 2.24) is 9.97 Å². The molecule has 0 spiro atoms. The number of rotatable bonds is 31. The van der Waals surface area contributed by atoms with Crippen LogP contribution in [0.15, 0.2) is 35.3 Å². The van der Waals surface area contributed by atoms with Gasteiger partial charge < -0.3 is 44.8 Å². The van der Waals surface area contributed by atoms with Crippen molar-refractivity contribution in [1.29, 1.82) is 10.7 Å². The van der Waals surface area contributed by atoms with Crippen molar-refractivity contribution < 1.29 is 47.7 Å². The Morgan fingerprint density at radius 3 is 2.20 bits per heavy atom. The summed E-state index contributed by atoms with van der Waals surface area (Å²) < 4.78 is 46.0. The summed E-state index contributed by atoms with van der Waals surface area (Å²) in [6.45, 7) is 1.63. The molecule has 1 saturated heterocycles. The predicted octanol–water partition coefficient (Wildman–Crippen LogP) is 6.43. The maximum Gasteiger partial charge on any atom is 0.472 e. The second-order valence-corrected chi connectivity index (χ2v) is 15.5. The van der Waals surface area contributed by atoms with Gasteiger partial charge in [0.1, 0.15) is 42.7 Å². The van der Waals surface area contributed by atoms with Gasteiger partial charge in [0, 0.05) is 18.7 Å². The zero-order valence-electron chi connectivity index (χ0n) is 33.0. The van der Waals surface area contributed by atoms with Crippen molar-refractivity contribution in [3.05, 3.63) is 41.7 Å². The first-order valence-corrected chi connectivity index (χ1v) is 21.4. The molecule has 3 heterocycles. The Balaban J connectivity index is 1.41. The number of aromatic nitrogens is 2. The summed E-state index contributed by atoms with van der Waals surface area (Å²) >= 11 is 0. The van der Waals surface area contributed by atoms with E-state index in [9.17, 15) is 24.9 Å². The molecule has 16 nitrogen and oxygen atoms in total. The van der Waals surface area contributed by atoms with Crippen LogP contribution in [0.25, 0.3) is 0 Å². The van der Waals surface area contributed by atoms with E-state index in [4.69, 9.17) is 39.1 Å². The number of nitriles is 1. The number of phosphoric acid groups is 1. The first kappa shape index (κ1) is 47.0. The highest BCUT2D eigenvalue weighted by atomic mass is 31.2. The van der Waals surface area contributed by atoms with Crippen LogP contribution in [0.4, 0.5) is 0 Å². The Kier molecular flexibility index (Phi) is 21.6. The number of methoxy groups -OCH3 is 1. The maximum absolute atomic E-state index is 13.0. The molecule has 3 rings (SSSR count). The lowest BCUT2D eigenvalue weighted by atomic mass is 9.93. The summed E-state index contributed by atoms with van der Waals surface area (Å²) in [6.07, 6.45) is 15.4. The number of phosphoric ester groups is 1. The molecule has 1 unspecified atom stereocenters. The third kappa shape index (κ3) is 15.9. The van der Waals surface area contributed by atoms with Crippen LogP contribution in [0.5, 0.6) is 11.8 Å². The van der Waals surface area contributed by atoms with Crippen LogP contribution in [-0.4, -0.2) is 95.2 Å². The summed E-state index contributed by atoms with van der Waals surface area (Å²) in [5.41, 5.74) is 3.99. The number of aliphatic hydroxyl groups is 2. The summed E-state index contributed by atoms with van der Waals surface area (Å²) in [4.78, 5) is 21.2. The second kappa shape index (κ2) is 25.8. The number of unbranched alkanes of at least 4 members (excludes halogenated alkanes) is 15. The largest absolute Gasteiger partial charge is 0.481 e. The van der Waals surface area contributed by atoms with Crippen molar-refractivity contribution in [3.8, 4) is 17.8 Å². The number of hydrogen-bond acceptors (Lipinski definition) is 12. The summed E-state index contributed by atoms with van der Waals surface area (Å²) in [6, 6.07) is 9.67. The molecule has 2 aromatic rings. The number of aliphatic imine (C=N–C) groups is 1. The maximum atomic E-state index is 13.0. The van der Waals surface area contributed by atoms with E-state index in [0.717, 1.165) is 25.6 Å². The van der Waals surface area contributed by atoms with Gasteiger partial charge in [-0.1, -0.05) is 109 Å². The number of aliphatic hydroxyl groups excluding tert-OH is 2. The summed E-state index contributed by atoms with van der Waals surface area (Å²) in [5, 5.41) is 38.7. The van der Waals surface area contributed by atoms with Gasteiger partial charge in [-0.3, -0.25) is 14.5 Å². The standard InChI is InChI=1S/C39H63N6O10P/c1-3-4-5-6-7-8-9-10-11-12-13-14-15-16-17-18-24-51-25-30(54-35-21-19-20-34(45-35)50-2)26-52-56(48,49)53-27-32-36(46)37(47)39(28-40,55-32)33-23-22-31(44-33)38(42)43-29-41/h19-23,29-30,32,36-37,44,46-47H,3-18,24-27H2,1-2H3,(H,48,49)(H3,41,42,43)/t30-,32-,36-,37-,39+/m1/s1. The van der Waals surface area contributed by atoms with Crippen molar-refractivity contribution in [3.63, 3.8) is 0 Å². The number of H-pyrrole nitrogens is 1. The number of pyridine rings is 1. The molecular weight excluding hydrogens is 743 g/mol. The highest BCUT2D eigenvalue weighted by molar-refractivity contribution is 7.47. The van der Waals surface area contributed by atoms with Gasteiger partial charge in [0.05, 0.1) is 38.3 Å². The van der Waals surface area contributed by atoms with E-state index in [-0.39, 0.29) is 29.7 Å². The average Bonchev–Trinajstić information content (AvgIpc) is 3.79. The zero-order valence-corrected chi connectivity index (χ0v) is 33.9. The molecule has 0 amide bonds. The molecule has 2 aromatic heterocycles. The van der Waals surface area contributed by atoms with Gasteiger partial charge in [-0.15, -0.1) is 0 Å². The van der Waals surface area contributed by atoms with Crippen molar-refractivity contribution >= 4 is 20.0 Å². The van der Waals surface area contributed by atoms with E-state index in [2.05, 4.69) is 21.9 Å². The number of nitrogens with two attached hydrogens (primary N) is 1. The molecule has 0 bridgehead atoms.